The lowest BCUT2D eigenvalue weighted by molar-refractivity contribution is -0.132. The maximum absolute atomic E-state index is 12.8. The van der Waals surface area contributed by atoms with Crippen molar-refractivity contribution in [2.24, 2.45) is 11.0 Å². The van der Waals surface area contributed by atoms with E-state index in [0.29, 0.717) is 44.1 Å². The summed E-state index contributed by atoms with van der Waals surface area (Å²) in [5, 5.41) is 7.52. The molecule has 0 fully saturated rings. The first-order valence-corrected chi connectivity index (χ1v) is 13.3. The van der Waals surface area contributed by atoms with Crippen molar-refractivity contribution in [1.29, 1.82) is 0 Å². The number of carbonyl (C=O) groups is 2. The second-order valence-corrected chi connectivity index (χ2v) is 10.7. The van der Waals surface area contributed by atoms with Crippen LogP contribution in [0.4, 0.5) is 0 Å². The standard InChI is InChI=1S/C25H27Br2Cl2N3O4/c1-5-8-35-23-18(26)10-16(11-19(23)27)13-30-32-25(34)21(9-14(2)3)31-24(33)15(4)36-22-7-6-17(28)12-20(22)29/h5-7,10-15,21H,1,8-9H2,2-4H3,(H,31,33)(H,32,34)/b30-13-/t15-,21+/m0/s1. The molecule has 2 N–H and O–H groups in total. The number of hydrogen-bond acceptors (Lipinski definition) is 5. The average molecular weight is 664 g/mol. The van der Waals surface area contributed by atoms with Gasteiger partial charge in [-0.3, -0.25) is 9.59 Å². The molecule has 2 amide bonds. The largest absolute Gasteiger partial charge is 0.487 e. The molecule has 11 heteroatoms. The maximum Gasteiger partial charge on any atom is 0.262 e. The highest BCUT2D eigenvalue weighted by molar-refractivity contribution is 9.11. The topological polar surface area (TPSA) is 89.0 Å². The van der Waals surface area contributed by atoms with E-state index in [0.717, 1.165) is 0 Å². The summed E-state index contributed by atoms with van der Waals surface area (Å²) >= 11 is 18.9. The van der Waals surface area contributed by atoms with Gasteiger partial charge in [0.15, 0.2) is 6.10 Å². The van der Waals surface area contributed by atoms with Crippen molar-refractivity contribution in [2.75, 3.05) is 6.61 Å². The van der Waals surface area contributed by atoms with Gasteiger partial charge in [-0.2, -0.15) is 5.10 Å². The smallest absolute Gasteiger partial charge is 0.262 e. The molecule has 2 aromatic carbocycles. The lowest BCUT2D eigenvalue weighted by Gasteiger charge is -2.22. The number of rotatable bonds is 12. The predicted molar refractivity (Wildman–Crippen MR) is 151 cm³/mol. The summed E-state index contributed by atoms with van der Waals surface area (Å²) in [6, 6.07) is 7.50. The van der Waals surface area contributed by atoms with Crippen LogP contribution >= 0.6 is 55.1 Å². The second-order valence-electron chi connectivity index (χ2n) is 8.17. The van der Waals surface area contributed by atoms with E-state index in [1.165, 1.54) is 12.3 Å². The Labute approximate surface area is 237 Å². The Bertz CT molecular complexity index is 1110. The summed E-state index contributed by atoms with van der Waals surface area (Å²) in [4.78, 5) is 25.6. The molecule has 0 aliphatic rings. The highest BCUT2D eigenvalue weighted by Crippen LogP contribution is 2.34. The minimum Gasteiger partial charge on any atom is -0.487 e. The lowest BCUT2D eigenvalue weighted by Crippen LogP contribution is -2.49. The fourth-order valence-corrected chi connectivity index (χ4v) is 4.89. The highest BCUT2D eigenvalue weighted by Gasteiger charge is 2.25. The summed E-state index contributed by atoms with van der Waals surface area (Å²) in [6.45, 7) is 9.47. The first-order chi connectivity index (χ1) is 17.0. The summed E-state index contributed by atoms with van der Waals surface area (Å²) in [5.74, 6) is 0.174. The minimum atomic E-state index is -0.897. The molecule has 0 aliphatic heterocycles. The summed E-state index contributed by atoms with van der Waals surface area (Å²) < 4.78 is 12.7. The van der Waals surface area contributed by atoms with Gasteiger partial charge in [-0.25, -0.2) is 5.43 Å². The molecule has 7 nitrogen and oxygen atoms in total. The number of halogens is 4. The van der Waals surface area contributed by atoms with Gasteiger partial charge >= 0.3 is 0 Å². The third kappa shape index (κ3) is 9.42. The number of hydrogen-bond donors (Lipinski definition) is 2. The normalized spacial score (nSPS) is 12.8. The van der Waals surface area contributed by atoms with Crippen molar-refractivity contribution >= 4 is 73.1 Å². The molecule has 0 spiro atoms. The highest BCUT2D eigenvalue weighted by atomic mass is 79.9. The fourth-order valence-electron chi connectivity index (χ4n) is 2.99. The van der Waals surface area contributed by atoms with Crippen molar-refractivity contribution in [2.45, 2.75) is 39.3 Å². The first-order valence-electron chi connectivity index (χ1n) is 11.0. The SMILES string of the molecule is C=CCOc1c(Br)cc(/C=N\NC(=O)[C@@H](CC(C)C)NC(=O)[C@H](C)Oc2ccc(Cl)cc2Cl)cc1Br. The van der Waals surface area contributed by atoms with E-state index in [4.69, 9.17) is 32.7 Å². The number of amides is 2. The third-order valence-electron chi connectivity index (χ3n) is 4.66. The first kappa shape index (κ1) is 30.2. The van der Waals surface area contributed by atoms with E-state index in [2.05, 4.69) is 54.3 Å². The monoisotopic (exact) mass is 661 g/mol. The van der Waals surface area contributed by atoms with Crippen molar-refractivity contribution < 1.29 is 19.1 Å². The molecule has 0 aliphatic carbocycles. The van der Waals surface area contributed by atoms with E-state index in [9.17, 15) is 9.59 Å². The number of benzene rings is 2. The Morgan fingerprint density at radius 1 is 1.11 bits per heavy atom. The van der Waals surface area contributed by atoms with Crippen LogP contribution in [-0.4, -0.2) is 36.8 Å². The van der Waals surface area contributed by atoms with Crippen LogP contribution in [0.5, 0.6) is 11.5 Å². The van der Waals surface area contributed by atoms with E-state index >= 15 is 0 Å². The molecule has 0 radical (unpaired) electrons. The van der Waals surface area contributed by atoms with Crippen LogP contribution in [-0.2, 0) is 9.59 Å². The predicted octanol–water partition coefficient (Wildman–Crippen LogP) is 6.53. The van der Waals surface area contributed by atoms with E-state index in [1.54, 1.807) is 37.3 Å². The molecule has 0 bridgehead atoms. The zero-order valence-electron chi connectivity index (χ0n) is 20.0. The third-order valence-corrected chi connectivity index (χ3v) is 6.37. The average Bonchev–Trinajstić information content (AvgIpc) is 2.79. The van der Waals surface area contributed by atoms with Gasteiger partial charge in [0.2, 0.25) is 0 Å². The van der Waals surface area contributed by atoms with Gasteiger partial charge < -0.3 is 14.8 Å². The van der Waals surface area contributed by atoms with Crippen LogP contribution in [0.3, 0.4) is 0 Å². The molecule has 0 heterocycles. The number of hydrazone groups is 1. The zero-order chi connectivity index (χ0) is 26.8. The van der Waals surface area contributed by atoms with Crippen molar-refractivity contribution in [3.8, 4) is 11.5 Å². The summed E-state index contributed by atoms with van der Waals surface area (Å²) in [5.41, 5.74) is 3.21. The molecule has 0 saturated heterocycles. The Morgan fingerprint density at radius 2 is 1.78 bits per heavy atom. The molecule has 2 aromatic rings. The molecule has 0 saturated carbocycles. The Hall–Kier alpha value is -2.07. The van der Waals surface area contributed by atoms with E-state index in [-0.39, 0.29) is 10.9 Å². The number of nitrogens with zero attached hydrogens (tertiary/aromatic N) is 1. The Kier molecular flexibility index (Phi) is 12.2. The van der Waals surface area contributed by atoms with Crippen LogP contribution in [0.2, 0.25) is 10.0 Å². The van der Waals surface area contributed by atoms with Gasteiger partial charge in [0.25, 0.3) is 11.8 Å². The van der Waals surface area contributed by atoms with Crippen LogP contribution in [0.15, 0.2) is 57.0 Å². The van der Waals surface area contributed by atoms with Crippen molar-refractivity contribution in [3.05, 3.63) is 67.5 Å². The Balaban J connectivity index is 2.04. The fraction of sp³-hybridized carbons (Fsp3) is 0.320. The molecule has 2 rings (SSSR count). The number of nitrogens with one attached hydrogen (secondary N) is 2. The van der Waals surface area contributed by atoms with Crippen LogP contribution in [0.25, 0.3) is 0 Å². The van der Waals surface area contributed by atoms with Gasteiger partial charge in [-0.05, 0) is 87.0 Å². The van der Waals surface area contributed by atoms with Gasteiger partial charge in [-0.15, -0.1) is 0 Å². The van der Waals surface area contributed by atoms with Crippen LogP contribution < -0.4 is 20.2 Å². The van der Waals surface area contributed by atoms with Gasteiger partial charge in [0.1, 0.15) is 24.1 Å². The molecule has 36 heavy (non-hydrogen) atoms. The number of carbonyl (C=O) groups excluding carboxylic acids is 2. The van der Waals surface area contributed by atoms with Gasteiger partial charge in [0, 0.05) is 5.02 Å². The zero-order valence-corrected chi connectivity index (χ0v) is 24.7. The maximum atomic E-state index is 12.8. The van der Waals surface area contributed by atoms with Crippen molar-refractivity contribution in [1.82, 2.24) is 10.7 Å². The lowest BCUT2D eigenvalue weighted by atomic mass is 10.0. The molecule has 2 atom stereocenters. The molecular formula is C25H27Br2Cl2N3O4. The molecule has 194 valence electrons. The molecule has 0 unspecified atom stereocenters. The van der Waals surface area contributed by atoms with E-state index in [1.807, 2.05) is 13.8 Å². The van der Waals surface area contributed by atoms with Gasteiger partial charge in [-0.1, -0.05) is 49.7 Å². The summed E-state index contributed by atoms with van der Waals surface area (Å²) in [7, 11) is 0. The Morgan fingerprint density at radius 3 is 2.36 bits per heavy atom. The second kappa shape index (κ2) is 14.6. The van der Waals surface area contributed by atoms with E-state index < -0.39 is 24.0 Å². The van der Waals surface area contributed by atoms with Crippen LogP contribution in [0.1, 0.15) is 32.8 Å². The molecular weight excluding hydrogens is 637 g/mol. The minimum absolute atomic E-state index is 0.141. The van der Waals surface area contributed by atoms with Crippen LogP contribution in [0, 0.1) is 5.92 Å². The number of ether oxygens (including phenoxy) is 2. The van der Waals surface area contributed by atoms with Crippen molar-refractivity contribution in [3.63, 3.8) is 0 Å². The molecule has 0 aromatic heterocycles. The quantitative estimate of drug-likeness (QED) is 0.154. The van der Waals surface area contributed by atoms with Gasteiger partial charge in [0.05, 0.1) is 20.2 Å². The summed E-state index contributed by atoms with van der Waals surface area (Å²) in [6.07, 6.45) is 2.66.